The molecule has 0 amide bonds. The minimum Gasteiger partial charge on any atom is -0.503 e. The van der Waals surface area contributed by atoms with Crippen LogP contribution in [0.1, 0.15) is 30.1 Å². The number of aromatic hydroxyl groups is 2. The zero-order valence-corrected chi connectivity index (χ0v) is 18.1. The number of hydrogen-bond donors (Lipinski definition) is 4. The van der Waals surface area contributed by atoms with Gasteiger partial charge in [-0.1, -0.05) is 24.3 Å². The summed E-state index contributed by atoms with van der Waals surface area (Å²) in [6.45, 7) is 2.56. The van der Waals surface area contributed by atoms with Gasteiger partial charge in [-0.3, -0.25) is 4.90 Å². The average Bonchev–Trinajstić information content (AvgIpc) is 3.09. The first-order valence-corrected chi connectivity index (χ1v) is 12.4. The Morgan fingerprint density at radius 2 is 1.83 bits per heavy atom. The van der Waals surface area contributed by atoms with E-state index in [0.29, 0.717) is 12.5 Å². The predicted molar refractivity (Wildman–Crippen MR) is 117 cm³/mol. The summed E-state index contributed by atoms with van der Waals surface area (Å²) in [5, 5.41) is 20.6. The molecule has 2 aromatic rings. The Hall–Kier alpha value is -1.91. The predicted octanol–water partition coefficient (Wildman–Crippen LogP) is 2.39. The Balaban J connectivity index is 1.64. The van der Waals surface area contributed by atoms with Gasteiger partial charge in [0.05, 0.1) is 6.04 Å². The molecule has 4 rings (SSSR count). The van der Waals surface area contributed by atoms with E-state index in [0.717, 1.165) is 37.9 Å². The van der Waals surface area contributed by atoms with Gasteiger partial charge in [-0.05, 0) is 68.1 Å². The van der Waals surface area contributed by atoms with Crippen LogP contribution in [0, 0.1) is 5.92 Å². The zero-order valence-electron chi connectivity index (χ0n) is 16.4. The highest BCUT2D eigenvalue weighted by molar-refractivity contribution is 8.29. The van der Waals surface area contributed by atoms with Crippen molar-refractivity contribution < 1.29 is 23.7 Å². The minimum absolute atomic E-state index is 0.0541. The zero-order chi connectivity index (χ0) is 21.5. The van der Waals surface area contributed by atoms with Crippen molar-refractivity contribution in [3.8, 4) is 17.2 Å². The molecule has 0 saturated carbocycles. The van der Waals surface area contributed by atoms with Crippen molar-refractivity contribution in [1.82, 2.24) is 4.90 Å². The van der Waals surface area contributed by atoms with Crippen LogP contribution in [0.25, 0.3) is 0 Å². The highest BCUT2D eigenvalue weighted by atomic mass is 32.8. The number of piperidine rings is 1. The molecule has 1 fully saturated rings. The molecule has 1 aliphatic heterocycles. The molecule has 3 atom stereocenters. The van der Waals surface area contributed by atoms with Gasteiger partial charge in [0.1, 0.15) is 11.0 Å². The van der Waals surface area contributed by atoms with Gasteiger partial charge >= 0.3 is 0 Å². The largest absolute Gasteiger partial charge is 0.503 e. The Morgan fingerprint density at radius 1 is 1.13 bits per heavy atom. The van der Waals surface area contributed by atoms with E-state index in [2.05, 4.69) is 22.2 Å². The smallest absolute Gasteiger partial charge is 0.201 e. The summed E-state index contributed by atoms with van der Waals surface area (Å²) >= 11 is 4.52. The SMILES string of the molecule is NCC1CCN([C@@H]2Cc3ccccc3C2Oc2ccc(S(=O)(O)=S)c(O)c2O)CC1. The summed E-state index contributed by atoms with van der Waals surface area (Å²) in [6.07, 6.45) is 2.57. The molecule has 0 spiro atoms. The number of phenolic OH excluding ortho intramolecular Hbond substituents is 2. The van der Waals surface area contributed by atoms with Crippen molar-refractivity contribution in [2.24, 2.45) is 11.7 Å². The summed E-state index contributed by atoms with van der Waals surface area (Å²) in [6, 6.07) is 10.7. The lowest BCUT2D eigenvalue weighted by Gasteiger charge is -2.38. The molecular formula is C21H26N2O5S2. The van der Waals surface area contributed by atoms with E-state index in [-0.39, 0.29) is 17.9 Å². The molecule has 1 saturated heterocycles. The molecule has 0 radical (unpaired) electrons. The quantitative estimate of drug-likeness (QED) is 0.513. The van der Waals surface area contributed by atoms with Gasteiger partial charge in [-0.15, -0.1) is 0 Å². The lowest BCUT2D eigenvalue weighted by molar-refractivity contribution is 0.0522. The van der Waals surface area contributed by atoms with Gasteiger partial charge in [0.2, 0.25) is 5.75 Å². The van der Waals surface area contributed by atoms with Crippen molar-refractivity contribution in [3.05, 3.63) is 47.5 Å². The van der Waals surface area contributed by atoms with Crippen LogP contribution in [-0.2, 0) is 26.4 Å². The number of likely N-dealkylation sites (tertiary alicyclic amines) is 1. The van der Waals surface area contributed by atoms with Gasteiger partial charge < -0.3 is 25.2 Å². The molecule has 0 aromatic heterocycles. The fourth-order valence-electron chi connectivity index (χ4n) is 4.50. The Bertz CT molecular complexity index is 1040. The molecule has 9 heteroatoms. The first-order valence-electron chi connectivity index (χ1n) is 10.0. The molecule has 30 heavy (non-hydrogen) atoms. The maximum atomic E-state index is 11.7. The molecule has 2 aliphatic rings. The van der Waals surface area contributed by atoms with Gasteiger partial charge in [-0.2, -0.15) is 0 Å². The Morgan fingerprint density at radius 3 is 2.50 bits per heavy atom. The van der Waals surface area contributed by atoms with E-state index < -0.39 is 25.2 Å². The number of ether oxygens (including phenoxy) is 1. The van der Waals surface area contributed by atoms with Crippen LogP contribution in [0.3, 0.4) is 0 Å². The first-order chi connectivity index (χ1) is 14.3. The van der Waals surface area contributed by atoms with E-state index in [1.165, 1.54) is 17.7 Å². The van der Waals surface area contributed by atoms with Crippen LogP contribution >= 0.6 is 0 Å². The van der Waals surface area contributed by atoms with Gasteiger partial charge in [0.15, 0.2) is 20.3 Å². The van der Waals surface area contributed by atoms with Crippen LogP contribution in [0.4, 0.5) is 0 Å². The molecule has 7 nitrogen and oxygen atoms in total. The number of benzene rings is 2. The number of phenols is 2. The highest BCUT2D eigenvalue weighted by Gasteiger charge is 2.39. The van der Waals surface area contributed by atoms with Crippen LogP contribution in [-0.4, -0.2) is 49.6 Å². The second kappa shape index (κ2) is 8.32. The third kappa shape index (κ3) is 4.00. The summed E-state index contributed by atoms with van der Waals surface area (Å²) < 4.78 is 27.5. The minimum atomic E-state index is -3.84. The van der Waals surface area contributed by atoms with E-state index >= 15 is 0 Å². The van der Waals surface area contributed by atoms with Crippen molar-refractivity contribution >= 4 is 20.0 Å². The van der Waals surface area contributed by atoms with E-state index in [4.69, 9.17) is 10.5 Å². The van der Waals surface area contributed by atoms with Crippen LogP contribution in [0.5, 0.6) is 17.2 Å². The van der Waals surface area contributed by atoms with E-state index in [9.17, 15) is 19.0 Å². The number of nitrogens with two attached hydrogens (primary N) is 1. The monoisotopic (exact) mass is 450 g/mol. The standard InChI is InChI=1S/C21H26N2O5S2/c22-12-13-7-9-23(10-8-13)16-11-14-3-1-2-4-15(14)21(16)28-17-5-6-18(30(26,27)29)20(25)19(17)24/h1-6,13,16,21,24-25H,7-12,22H2,(H,26,27,29)/t16-,21?/m1/s1. The summed E-state index contributed by atoms with van der Waals surface area (Å²) in [5.41, 5.74) is 8.07. The maximum absolute atomic E-state index is 11.7. The topological polar surface area (TPSA) is 116 Å². The molecule has 0 bridgehead atoms. The molecular weight excluding hydrogens is 424 g/mol. The summed E-state index contributed by atoms with van der Waals surface area (Å²) in [5.74, 6) is -0.700. The number of hydrogen-bond acceptors (Lipinski definition) is 7. The van der Waals surface area contributed by atoms with Crippen molar-refractivity contribution in [3.63, 3.8) is 0 Å². The molecule has 5 N–H and O–H groups in total. The number of nitrogens with zero attached hydrogens (tertiary/aromatic N) is 1. The van der Waals surface area contributed by atoms with Crippen molar-refractivity contribution in [2.45, 2.75) is 36.3 Å². The van der Waals surface area contributed by atoms with Crippen molar-refractivity contribution in [2.75, 3.05) is 19.6 Å². The fraction of sp³-hybridized carbons (Fsp3) is 0.429. The van der Waals surface area contributed by atoms with Crippen LogP contribution in [0.2, 0.25) is 0 Å². The molecule has 162 valence electrons. The van der Waals surface area contributed by atoms with Gasteiger partial charge in [0, 0.05) is 11.2 Å². The van der Waals surface area contributed by atoms with Crippen LogP contribution in [0.15, 0.2) is 41.3 Å². The van der Waals surface area contributed by atoms with Crippen molar-refractivity contribution in [1.29, 1.82) is 0 Å². The number of rotatable bonds is 5. The highest BCUT2D eigenvalue weighted by Crippen LogP contribution is 2.45. The third-order valence-electron chi connectivity index (χ3n) is 6.20. The van der Waals surface area contributed by atoms with Crippen LogP contribution < -0.4 is 10.5 Å². The lowest BCUT2D eigenvalue weighted by atomic mass is 9.95. The first kappa shape index (κ1) is 21.3. The molecule has 2 aromatic carbocycles. The second-order valence-corrected chi connectivity index (χ2v) is 10.7. The van der Waals surface area contributed by atoms with Gasteiger partial charge in [0.25, 0.3) is 0 Å². The Labute approximate surface area is 181 Å². The summed E-state index contributed by atoms with van der Waals surface area (Å²) in [4.78, 5) is 2.01. The number of fused-ring (bicyclic) bond motifs is 1. The van der Waals surface area contributed by atoms with E-state index in [1.807, 2.05) is 18.2 Å². The second-order valence-electron chi connectivity index (χ2n) is 7.96. The van der Waals surface area contributed by atoms with E-state index in [1.54, 1.807) is 0 Å². The molecule has 1 aliphatic carbocycles. The third-order valence-corrected chi connectivity index (χ3v) is 7.62. The Kier molecular flexibility index (Phi) is 5.91. The fourth-order valence-corrected chi connectivity index (χ4v) is 5.49. The maximum Gasteiger partial charge on any atom is 0.201 e. The average molecular weight is 451 g/mol. The normalized spacial score (nSPS) is 24.3. The summed E-state index contributed by atoms with van der Waals surface area (Å²) in [7, 11) is -3.84. The molecule has 1 heterocycles. The molecule has 2 unspecified atom stereocenters. The lowest BCUT2D eigenvalue weighted by Crippen LogP contribution is -2.45. The van der Waals surface area contributed by atoms with Gasteiger partial charge in [-0.25, -0.2) is 4.21 Å².